The van der Waals surface area contributed by atoms with E-state index in [1.807, 2.05) is 47.5 Å². The minimum absolute atomic E-state index is 0.0539. The molecule has 0 N–H and O–H groups in total. The second kappa shape index (κ2) is 8.39. The number of ether oxygens (including phenoxy) is 1. The highest BCUT2D eigenvalue weighted by Crippen LogP contribution is 2.37. The molecular weight excluding hydrogens is 332 g/mol. The first-order valence-electron chi connectivity index (χ1n) is 8.74. The first-order chi connectivity index (χ1) is 12.1. The summed E-state index contributed by atoms with van der Waals surface area (Å²) >= 11 is 1.75. The molecule has 4 nitrogen and oxygen atoms in total. The molecule has 0 spiro atoms. The van der Waals surface area contributed by atoms with Gasteiger partial charge in [-0.1, -0.05) is 50.2 Å². The van der Waals surface area contributed by atoms with Crippen molar-refractivity contribution < 1.29 is 9.53 Å². The van der Waals surface area contributed by atoms with Crippen LogP contribution in [0.1, 0.15) is 43.9 Å². The van der Waals surface area contributed by atoms with Gasteiger partial charge in [0.15, 0.2) is 0 Å². The predicted molar refractivity (Wildman–Crippen MR) is 101 cm³/mol. The number of thioether (sulfide) groups is 1. The van der Waals surface area contributed by atoms with Crippen LogP contribution in [0.15, 0.2) is 53.7 Å². The van der Waals surface area contributed by atoms with Gasteiger partial charge in [0, 0.05) is 23.6 Å². The summed E-state index contributed by atoms with van der Waals surface area (Å²) in [5, 5.41) is 1.47. The first kappa shape index (κ1) is 17.8. The van der Waals surface area contributed by atoms with Crippen molar-refractivity contribution in [2.75, 3.05) is 6.54 Å². The molecule has 25 heavy (non-hydrogen) atoms. The highest BCUT2D eigenvalue weighted by molar-refractivity contribution is 7.99. The van der Waals surface area contributed by atoms with Gasteiger partial charge in [-0.25, -0.2) is 9.78 Å². The Kier molecular flexibility index (Phi) is 5.97. The number of carbonyl (C=O) groups is 1. The van der Waals surface area contributed by atoms with E-state index in [1.165, 1.54) is 0 Å². The molecule has 1 amide bonds. The molecule has 132 valence electrons. The number of carbonyl (C=O) groups excluding carboxylic acids is 1. The zero-order valence-electron chi connectivity index (χ0n) is 14.7. The lowest BCUT2D eigenvalue weighted by Crippen LogP contribution is -2.31. The lowest BCUT2D eigenvalue weighted by atomic mass is 10.1. The lowest BCUT2D eigenvalue weighted by Gasteiger charge is -2.25. The topological polar surface area (TPSA) is 42.4 Å². The Bertz CT molecular complexity index is 706. The smallest absolute Gasteiger partial charge is 0.410 e. The van der Waals surface area contributed by atoms with E-state index in [-0.39, 0.29) is 12.1 Å². The number of rotatable bonds is 5. The number of benzene rings is 1. The number of pyridine rings is 1. The van der Waals surface area contributed by atoms with Gasteiger partial charge in [-0.3, -0.25) is 0 Å². The average Bonchev–Trinajstić information content (AvgIpc) is 3.10. The van der Waals surface area contributed by atoms with Gasteiger partial charge >= 0.3 is 6.09 Å². The molecule has 1 atom stereocenters. The van der Waals surface area contributed by atoms with E-state index in [9.17, 15) is 4.79 Å². The molecule has 1 fully saturated rings. The fraction of sp³-hybridized carbons (Fsp3) is 0.400. The molecule has 1 aromatic carbocycles. The van der Waals surface area contributed by atoms with Crippen LogP contribution in [-0.4, -0.2) is 27.8 Å². The van der Waals surface area contributed by atoms with Crippen LogP contribution in [-0.2, 0) is 11.3 Å². The molecule has 0 saturated carbocycles. The summed E-state index contributed by atoms with van der Waals surface area (Å²) in [5.74, 6) is 0. The van der Waals surface area contributed by atoms with Gasteiger partial charge < -0.3 is 9.64 Å². The van der Waals surface area contributed by atoms with Gasteiger partial charge in [0.2, 0.25) is 0 Å². The zero-order valence-corrected chi connectivity index (χ0v) is 15.5. The Morgan fingerprint density at radius 2 is 2.08 bits per heavy atom. The molecule has 1 aliphatic heterocycles. The number of hydrogen-bond acceptors (Lipinski definition) is 4. The largest absolute Gasteiger partial charge is 0.445 e. The van der Waals surface area contributed by atoms with Crippen LogP contribution in [0.25, 0.3) is 0 Å². The van der Waals surface area contributed by atoms with Crippen LogP contribution in [0, 0.1) is 0 Å². The summed E-state index contributed by atoms with van der Waals surface area (Å²) < 4.78 is 5.54. The molecule has 5 heteroatoms. The normalized spacial score (nSPS) is 17.1. The van der Waals surface area contributed by atoms with E-state index in [0.29, 0.717) is 11.9 Å². The number of aromatic nitrogens is 1. The summed E-state index contributed by atoms with van der Waals surface area (Å²) in [6.07, 6.45) is 3.53. The number of nitrogens with zero attached hydrogens (tertiary/aromatic N) is 2. The van der Waals surface area contributed by atoms with Gasteiger partial charge in [-0.05, 0) is 24.5 Å². The van der Waals surface area contributed by atoms with E-state index in [1.54, 1.807) is 11.8 Å². The van der Waals surface area contributed by atoms with Crippen molar-refractivity contribution >= 4 is 17.9 Å². The molecule has 0 radical (unpaired) electrons. The summed E-state index contributed by atoms with van der Waals surface area (Å²) in [4.78, 5) is 19.0. The van der Waals surface area contributed by atoms with Crippen molar-refractivity contribution in [2.45, 2.75) is 49.6 Å². The monoisotopic (exact) mass is 356 g/mol. The molecule has 1 aliphatic rings. The molecular formula is C20H24N2O2S. The maximum Gasteiger partial charge on any atom is 0.410 e. The minimum Gasteiger partial charge on any atom is -0.445 e. The SMILES string of the molecule is CC(C)Sc1ncccc1[C@H]1CCCN1C(=O)OCc1ccccc1. The van der Waals surface area contributed by atoms with E-state index in [2.05, 4.69) is 24.9 Å². The fourth-order valence-electron chi connectivity index (χ4n) is 3.09. The second-order valence-electron chi connectivity index (χ2n) is 6.46. The van der Waals surface area contributed by atoms with Gasteiger partial charge in [0.25, 0.3) is 0 Å². The summed E-state index contributed by atoms with van der Waals surface area (Å²) in [7, 11) is 0. The average molecular weight is 356 g/mol. The third-order valence-electron chi connectivity index (χ3n) is 4.20. The quantitative estimate of drug-likeness (QED) is 0.703. The second-order valence-corrected chi connectivity index (χ2v) is 8.02. The van der Waals surface area contributed by atoms with E-state index in [4.69, 9.17) is 4.74 Å². The van der Waals surface area contributed by atoms with E-state index < -0.39 is 0 Å². The van der Waals surface area contributed by atoms with Crippen molar-refractivity contribution in [1.82, 2.24) is 9.88 Å². The van der Waals surface area contributed by atoms with Crippen molar-refractivity contribution in [3.8, 4) is 0 Å². The number of hydrogen-bond donors (Lipinski definition) is 0. The standard InChI is InChI=1S/C20H24N2O2S/c1-15(2)25-19-17(10-6-12-21-19)18-11-7-13-22(18)20(23)24-14-16-8-4-3-5-9-16/h3-6,8-10,12,15,18H,7,11,13-14H2,1-2H3/t18-/m1/s1. The summed E-state index contributed by atoms with van der Waals surface area (Å²) in [6, 6.07) is 13.9. The van der Waals surface area contributed by atoms with Gasteiger partial charge in [0.1, 0.15) is 11.6 Å². The van der Waals surface area contributed by atoms with Crippen LogP contribution in [0.4, 0.5) is 4.79 Å². The molecule has 0 bridgehead atoms. The van der Waals surface area contributed by atoms with Gasteiger partial charge in [0.05, 0.1) is 6.04 Å². The molecule has 1 saturated heterocycles. The van der Waals surface area contributed by atoms with Crippen LogP contribution in [0.3, 0.4) is 0 Å². The number of amides is 1. The third kappa shape index (κ3) is 4.54. The molecule has 3 rings (SSSR count). The summed E-state index contributed by atoms with van der Waals surface area (Å²) in [5.41, 5.74) is 2.14. The number of likely N-dealkylation sites (tertiary alicyclic amines) is 1. The van der Waals surface area contributed by atoms with E-state index in [0.717, 1.165) is 35.5 Å². The lowest BCUT2D eigenvalue weighted by molar-refractivity contribution is 0.0916. The first-order valence-corrected chi connectivity index (χ1v) is 9.62. The molecule has 2 heterocycles. The third-order valence-corrected chi connectivity index (χ3v) is 5.24. The highest BCUT2D eigenvalue weighted by Gasteiger charge is 2.33. The van der Waals surface area contributed by atoms with Crippen LogP contribution >= 0.6 is 11.8 Å². The Labute approximate surface area is 153 Å². The maximum absolute atomic E-state index is 12.6. The Morgan fingerprint density at radius 3 is 2.84 bits per heavy atom. The van der Waals surface area contributed by atoms with Crippen molar-refractivity contribution in [2.24, 2.45) is 0 Å². The molecule has 0 unspecified atom stereocenters. The molecule has 0 aliphatic carbocycles. The van der Waals surface area contributed by atoms with Crippen LogP contribution < -0.4 is 0 Å². The Balaban J connectivity index is 1.71. The predicted octanol–water partition coefficient (Wildman–Crippen LogP) is 5.06. The van der Waals surface area contributed by atoms with Crippen LogP contribution in [0.2, 0.25) is 0 Å². The van der Waals surface area contributed by atoms with Crippen molar-refractivity contribution in [1.29, 1.82) is 0 Å². The Morgan fingerprint density at radius 1 is 1.28 bits per heavy atom. The molecule has 1 aromatic heterocycles. The highest BCUT2D eigenvalue weighted by atomic mass is 32.2. The Hall–Kier alpha value is -2.01. The maximum atomic E-state index is 12.6. The van der Waals surface area contributed by atoms with Crippen molar-refractivity contribution in [3.63, 3.8) is 0 Å². The fourth-order valence-corrected chi connectivity index (χ4v) is 4.00. The van der Waals surface area contributed by atoms with E-state index >= 15 is 0 Å². The zero-order chi connectivity index (χ0) is 17.6. The van der Waals surface area contributed by atoms with Gasteiger partial charge in [-0.2, -0.15) is 0 Å². The van der Waals surface area contributed by atoms with Crippen LogP contribution in [0.5, 0.6) is 0 Å². The van der Waals surface area contributed by atoms with Gasteiger partial charge in [-0.15, -0.1) is 11.8 Å². The summed E-state index contributed by atoms with van der Waals surface area (Å²) in [6.45, 7) is 5.36. The minimum atomic E-state index is -0.240. The van der Waals surface area contributed by atoms with Crippen molar-refractivity contribution in [3.05, 3.63) is 59.8 Å². The molecule has 2 aromatic rings.